The first-order valence-corrected chi connectivity index (χ1v) is 8.26. The van der Waals surface area contributed by atoms with Gasteiger partial charge in [0.25, 0.3) is 5.91 Å². The standard InChI is InChI=1S/C14H17NO2S2/c1-18-14(7-8-14)10-15-13(17)12-6-5-11(19-12)4-2-3-9-16/h5-6,16H,3,7-10H2,1H3,(H,15,17). The van der Waals surface area contributed by atoms with Gasteiger partial charge in [-0.15, -0.1) is 11.3 Å². The number of thioether (sulfide) groups is 1. The molecular formula is C14H17NO2S2. The summed E-state index contributed by atoms with van der Waals surface area (Å²) in [7, 11) is 0. The highest BCUT2D eigenvalue weighted by atomic mass is 32.2. The van der Waals surface area contributed by atoms with Crippen molar-refractivity contribution >= 4 is 29.0 Å². The molecule has 0 spiro atoms. The van der Waals surface area contributed by atoms with Crippen LogP contribution in [0.15, 0.2) is 12.1 Å². The van der Waals surface area contributed by atoms with Crippen molar-refractivity contribution in [3.05, 3.63) is 21.9 Å². The minimum atomic E-state index is -0.0134. The van der Waals surface area contributed by atoms with Crippen LogP contribution in [0.3, 0.4) is 0 Å². The highest BCUT2D eigenvalue weighted by Crippen LogP contribution is 2.46. The molecule has 5 heteroatoms. The van der Waals surface area contributed by atoms with Gasteiger partial charge in [-0.05, 0) is 31.2 Å². The summed E-state index contributed by atoms with van der Waals surface area (Å²) in [5.74, 6) is 5.78. The van der Waals surface area contributed by atoms with E-state index in [1.807, 2.05) is 23.9 Å². The summed E-state index contributed by atoms with van der Waals surface area (Å²) in [6, 6.07) is 3.66. The van der Waals surface area contributed by atoms with E-state index in [2.05, 4.69) is 23.4 Å². The zero-order valence-corrected chi connectivity index (χ0v) is 12.5. The van der Waals surface area contributed by atoms with E-state index in [0.717, 1.165) is 11.4 Å². The van der Waals surface area contributed by atoms with Gasteiger partial charge in [-0.1, -0.05) is 11.8 Å². The van der Waals surface area contributed by atoms with Crippen LogP contribution in [-0.2, 0) is 0 Å². The van der Waals surface area contributed by atoms with E-state index in [-0.39, 0.29) is 17.3 Å². The lowest BCUT2D eigenvalue weighted by Gasteiger charge is -2.12. The molecule has 1 fully saturated rings. The molecule has 1 amide bonds. The molecule has 2 rings (SSSR count). The molecule has 0 radical (unpaired) electrons. The molecule has 3 nitrogen and oxygen atoms in total. The molecule has 1 aliphatic carbocycles. The average Bonchev–Trinajstić information content (AvgIpc) is 3.06. The van der Waals surface area contributed by atoms with E-state index in [9.17, 15) is 4.79 Å². The summed E-state index contributed by atoms with van der Waals surface area (Å²) >= 11 is 3.23. The highest BCUT2D eigenvalue weighted by molar-refractivity contribution is 8.00. The second-order valence-corrected chi connectivity index (χ2v) is 6.87. The van der Waals surface area contributed by atoms with Crippen molar-refractivity contribution in [1.82, 2.24) is 5.32 Å². The van der Waals surface area contributed by atoms with Crippen LogP contribution in [0.25, 0.3) is 0 Å². The Hall–Kier alpha value is -0.960. The lowest BCUT2D eigenvalue weighted by Crippen LogP contribution is -2.31. The summed E-state index contributed by atoms with van der Waals surface area (Å²) in [4.78, 5) is 13.5. The van der Waals surface area contributed by atoms with E-state index in [1.54, 1.807) is 0 Å². The molecule has 0 aliphatic heterocycles. The molecule has 102 valence electrons. The van der Waals surface area contributed by atoms with Crippen molar-refractivity contribution in [3.63, 3.8) is 0 Å². The second-order valence-electron chi connectivity index (χ2n) is 4.51. The number of carbonyl (C=O) groups is 1. The van der Waals surface area contributed by atoms with Gasteiger partial charge in [0.15, 0.2) is 0 Å². The number of amides is 1. The Bertz CT molecular complexity index is 509. The van der Waals surface area contributed by atoms with Gasteiger partial charge in [0.2, 0.25) is 0 Å². The summed E-state index contributed by atoms with van der Waals surface area (Å²) in [5, 5.41) is 11.6. The molecule has 19 heavy (non-hydrogen) atoms. The number of aliphatic hydroxyl groups is 1. The van der Waals surface area contributed by atoms with Gasteiger partial charge < -0.3 is 10.4 Å². The fourth-order valence-electron chi connectivity index (χ4n) is 1.65. The smallest absolute Gasteiger partial charge is 0.261 e. The summed E-state index contributed by atoms with van der Waals surface area (Å²) in [6.07, 6.45) is 4.95. The molecule has 0 atom stereocenters. The molecular weight excluding hydrogens is 278 g/mol. The van der Waals surface area contributed by atoms with E-state index in [0.29, 0.717) is 11.3 Å². The van der Waals surface area contributed by atoms with Crippen molar-refractivity contribution in [1.29, 1.82) is 0 Å². The summed E-state index contributed by atoms with van der Waals surface area (Å²) in [5.41, 5.74) is 0. The predicted octanol–water partition coefficient (Wildman–Crippen LogP) is 2.11. The van der Waals surface area contributed by atoms with Gasteiger partial charge >= 0.3 is 0 Å². The Balaban J connectivity index is 1.88. The first kappa shape index (κ1) is 14.4. The van der Waals surface area contributed by atoms with Crippen LogP contribution in [0, 0.1) is 11.8 Å². The molecule has 0 aromatic carbocycles. The molecule has 1 aliphatic rings. The maximum Gasteiger partial charge on any atom is 0.261 e. The Labute approximate surface area is 121 Å². The zero-order chi connectivity index (χ0) is 13.7. The average molecular weight is 295 g/mol. The van der Waals surface area contributed by atoms with Crippen LogP contribution in [0.5, 0.6) is 0 Å². The number of thiophene rings is 1. The van der Waals surface area contributed by atoms with Crippen LogP contribution in [0.1, 0.15) is 33.8 Å². The third-order valence-corrected chi connectivity index (χ3v) is 5.51. The third-order valence-electron chi connectivity index (χ3n) is 3.09. The zero-order valence-electron chi connectivity index (χ0n) is 10.9. The summed E-state index contributed by atoms with van der Waals surface area (Å²) < 4.78 is 0.288. The van der Waals surface area contributed by atoms with E-state index in [4.69, 9.17) is 5.11 Å². The van der Waals surface area contributed by atoms with Crippen LogP contribution in [0.4, 0.5) is 0 Å². The fourth-order valence-corrected chi connectivity index (χ4v) is 3.18. The quantitative estimate of drug-likeness (QED) is 0.818. The minimum Gasteiger partial charge on any atom is -0.395 e. The monoisotopic (exact) mass is 295 g/mol. The van der Waals surface area contributed by atoms with Gasteiger partial charge in [0.1, 0.15) is 0 Å². The highest BCUT2D eigenvalue weighted by Gasteiger charge is 2.41. The van der Waals surface area contributed by atoms with Crippen LogP contribution in [0.2, 0.25) is 0 Å². The minimum absolute atomic E-state index is 0.0134. The molecule has 0 saturated heterocycles. The van der Waals surface area contributed by atoms with Crippen molar-refractivity contribution < 1.29 is 9.90 Å². The van der Waals surface area contributed by atoms with Gasteiger partial charge in [0, 0.05) is 17.7 Å². The van der Waals surface area contributed by atoms with E-state index < -0.39 is 0 Å². The Kier molecular flexibility index (Phi) is 4.92. The topological polar surface area (TPSA) is 49.3 Å². The van der Waals surface area contributed by atoms with Crippen molar-refractivity contribution in [2.45, 2.75) is 24.0 Å². The number of carbonyl (C=O) groups excluding carboxylic acids is 1. The number of hydrogen-bond donors (Lipinski definition) is 2. The number of hydrogen-bond acceptors (Lipinski definition) is 4. The van der Waals surface area contributed by atoms with Crippen molar-refractivity contribution in [2.75, 3.05) is 19.4 Å². The van der Waals surface area contributed by atoms with Gasteiger partial charge in [-0.25, -0.2) is 0 Å². The first-order chi connectivity index (χ1) is 9.19. The van der Waals surface area contributed by atoms with Crippen molar-refractivity contribution in [2.24, 2.45) is 0 Å². The third kappa shape index (κ3) is 4.00. The van der Waals surface area contributed by atoms with Gasteiger partial charge in [0.05, 0.1) is 16.4 Å². The second kappa shape index (κ2) is 6.47. The van der Waals surface area contributed by atoms with Crippen molar-refractivity contribution in [3.8, 4) is 11.8 Å². The molecule has 0 bridgehead atoms. The Morgan fingerprint density at radius 2 is 2.37 bits per heavy atom. The lowest BCUT2D eigenvalue weighted by molar-refractivity contribution is 0.0957. The van der Waals surface area contributed by atoms with E-state index >= 15 is 0 Å². The maximum atomic E-state index is 12.0. The Morgan fingerprint density at radius 1 is 1.58 bits per heavy atom. The molecule has 1 heterocycles. The SMILES string of the molecule is CSC1(CNC(=O)c2ccc(C#CCCO)s2)CC1. The number of aliphatic hydroxyl groups excluding tert-OH is 1. The lowest BCUT2D eigenvalue weighted by atomic mass is 10.3. The Morgan fingerprint density at radius 3 is 3.00 bits per heavy atom. The van der Waals surface area contributed by atoms with Crippen LogP contribution >= 0.6 is 23.1 Å². The van der Waals surface area contributed by atoms with Crippen LogP contribution < -0.4 is 5.32 Å². The molecule has 1 saturated carbocycles. The maximum absolute atomic E-state index is 12.0. The predicted molar refractivity (Wildman–Crippen MR) is 80.7 cm³/mol. The number of rotatable bonds is 5. The molecule has 2 N–H and O–H groups in total. The summed E-state index contributed by atoms with van der Waals surface area (Å²) in [6.45, 7) is 0.818. The molecule has 1 aromatic heterocycles. The molecule has 0 unspecified atom stereocenters. The van der Waals surface area contributed by atoms with Gasteiger partial charge in [-0.3, -0.25) is 4.79 Å². The molecule has 1 aromatic rings. The fraction of sp³-hybridized carbons (Fsp3) is 0.500. The van der Waals surface area contributed by atoms with E-state index in [1.165, 1.54) is 24.2 Å². The normalized spacial score (nSPS) is 15.5. The van der Waals surface area contributed by atoms with Gasteiger partial charge in [-0.2, -0.15) is 11.8 Å². The first-order valence-electron chi connectivity index (χ1n) is 6.22. The van der Waals surface area contributed by atoms with Crippen LogP contribution in [-0.4, -0.2) is 35.2 Å². The number of nitrogens with one attached hydrogen (secondary N) is 1. The largest absolute Gasteiger partial charge is 0.395 e.